The minimum atomic E-state index is -0.583. The summed E-state index contributed by atoms with van der Waals surface area (Å²) in [5.74, 6) is 0.0347. The van der Waals surface area contributed by atoms with E-state index < -0.39 is 11.7 Å². The fourth-order valence-electron chi connectivity index (χ4n) is 2.85. The lowest BCUT2D eigenvalue weighted by Gasteiger charge is -2.25. The quantitative estimate of drug-likeness (QED) is 0.727. The van der Waals surface area contributed by atoms with Crippen LogP contribution < -0.4 is 0 Å². The molecule has 122 valence electrons. The fraction of sp³-hybridized carbons (Fsp3) is 0.778. The third-order valence-corrected chi connectivity index (χ3v) is 4.41. The molecule has 0 aliphatic heterocycles. The van der Waals surface area contributed by atoms with E-state index in [-0.39, 0.29) is 12.0 Å². The number of rotatable bonds is 1. The maximum atomic E-state index is 10.4. The SMILES string of the molecule is COC1/C=C/CCCCC(C)(O)CC/C(C)=C\[C@@H](C)[C@@H]1O. The topological polar surface area (TPSA) is 49.7 Å². The highest BCUT2D eigenvalue weighted by atomic mass is 16.5. The Morgan fingerprint density at radius 1 is 1.29 bits per heavy atom. The van der Waals surface area contributed by atoms with Gasteiger partial charge in [0.15, 0.2) is 0 Å². The van der Waals surface area contributed by atoms with E-state index in [1.165, 1.54) is 5.57 Å². The van der Waals surface area contributed by atoms with Gasteiger partial charge in [0, 0.05) is 13.0 Å². The predicted molar refractivity (Wildman–Crippen MR) is 87.2 cm³/mol. The van der Waals surface area contributed by atoms with Gasteiger partial charge in [-0.15, -0.1) is 0 Å². The number of aliphatic hydroxyl groups is 2. The second kappa shape index (κ2) is 8.72. The first-order valence-electron chi connectivity index (χ1n) is 8.13. The zero-order valence-corrected chi connectivity index (χ0v) is 14.0. The zero-order chi connectivity index (χ0) is 15.9. The Balaban J connectivity index is 2.83. The Hall–Kier alpha value is -0.640. The molecule has 0 aromatic carbocycles. The highest BCUT2D eigenvalue weighted by Crippen LogP contribution is 2.24. The van der Waals surface area contributed by atoms with Crippen LogP contribution in [-0.2, 0) is 4.74 Å². The molecule has 0 saturated heterocycles. The first-order chi connectivity index (χ1) is 9.85. The standard InChI is InChI=1S/C18H32O3/c1-14-10-12-18(3,20)11-8-6-5-7-9-16(21-4)17(19)15(2)13-14/h7,9,13,15-17,19-20H,5-6,8,10-12H2,1-4H3/b9-7+,14-13-/t15-,16?,17+,18?/m1/s1. The van der Waals surface area contributed by atoms with E-state index in [0.29, 0.717) is 0 Å². The molecule has 0 bridgehead atoms. The highest BCUT2D eigenvalue weighted by molar-refractivity contribution is 5.06. The van der Waals surface area contributed by atoms with Crippen LogP contribution in [0, 0.1) is 5.92 Å². The zero-order valence-electron chi connectivity index (χ0n) is 14.0. The Bertz CT molecular complexity index is 357. The van der Waals surface area contributed by atoms with Gasteiger partial charge in [0.1, 0.15) is 6.10 Å². The Kier molecular flexibility index (Phi) is 7.64. The molecule has 21 heavy (non-hydrogen) atoms. The van der Waals surface area contributed by atoms with Gasteiger partial charge < -0.3 is 14.9 Å². The molecule has 0 saturated carbocycles. The molecular formula is C18H32O3. The summed E-state index contributed by atoms with van der Waals surface area (Å²) in [5, 5.41) is 20.8. The summed E-state index contributed by atoms with van der Waals surface area (Å²) in [5.41, 5.74) is 0.637. The van der Waals surface area contributed by atoms with Crippen LogP contribution in [0.3, 0.4) is 0 Å². The van der Waals surface area contributed by atoms with Crippen molar-refractivity contribution in [1.82, 2.24) is 0 Å². The van der Waals surface area contributed by atoms with Crippen molar-refractivity contribution in [3.05, 3.63) is 23.8 Å². The summed E-state index contributed by atoms with van der Waals surface area (Å²) in [4.78, 5) is 0. The molecule has 0 amide bonds. The van der Waals surface area contributed by atoms with Gasteiger partial charge in [-0.1, -0.05) is 37.1 Å². The molecule has 2 unspecified atom stereocenters. The molecule has 0 aromatic heterocycles. The number of ether oxygens (including phenoxy) is 1. The molecule has 1 aliphatic carbocycles. The van der Waals surface area contributed by atoms with E-state index in [0.717, 1.165) is 38.5 Å². The van der Waals surface area contributed by atoms with Gasteiger partial charge in [-0.3, -0.25) is 0 Å². The molecule has 0 spiro atoms. The summed E-state index contributed by atoms with van der Waals surface area (Å²) < 4.78 is 5.40. The maximum absolute atomic E-state index is 10.4. The molecular weight excluding hydrogens is 264 g/mol. The lowest BCUT2D eigenvalue weighted by molar-refractivity contribution is -0.00202. The average Bonchev–Trinajstić information content (AvgIpc) is 2.43. The number of allylic oxidation sites excluding steroid dienone is 2. The number of hydrogen-bond acceptors (Lipinski definition) is 3. The van der Waals surface area contributed by atoms with Crippen LogP contribution in [0.2, 0.25) is 0 Å². The second-order valence-electron chi connectivity index (χ2n) is 6.73. The van der Waals surface area contributed by atoms with Crippen molar-refractivity contribution < 1.29 is 14.9 Å². The third kappa shape index (κ3) is 6.77. The van der Waals surface area contributed by atoms with Gasteiger partial charge >= 0.3 is 0 Å². The van der Waals surface area contributed by atoms with Crippen molar-refractivity contribution in [2.45, 2.75) is 77.1 Å². The molecule has 1 rings (SSSR count). The van der Waals surface area contributed by atoms with Gasteiger partial charge in [0.05, 0.1) is 11.7 Å². The first-order valence-corrected chi connectivity index (χ1v) is 8.13. The molecule has 2 N–H and O–H groups in total. The van der Waals surface area contributed by atoms with Gasteiger partial charge in [-0.25, -0.2) is 0 Å². The van der Waals surface area contributed by atoms with E-state index in [1.54, 1.807) is 7.11 Å². The summed E-state index contributed by atoms with van der Waals surface area (Å²) in [6, 6.07) is 0. The van der Waals surface area contributed by atoms with Crippen molar-refractivity contribution in [1.29, 1.82) is 0 Å². The van der Waals surface area contributed by atoms with Crippen LogP contribution in [0.4, 0.5) is 0 Å². The van der Waals surface area contributed by atoms with Crippen LogP contribution in [0.1, 0.15) is 59.3 Å². The molecule has 1 aliphatic rings. The van der Waals surface area contributed by atoms with E-state index in [4.69, 9.17) is 4.74 Å². The number of hydrogen-bond donors (Lipinski definition) is 2. The largest absolute Gasteiger partial charge is 0.390 e. The van der Waals surface area contributed by atoms with Gasteiger partial charge in [-0.05, 0) is 46.0 Å². The van der Waals surface area contributed by atoms with Crippen LogP contribution in [-0.4, -0.2) is 35.1 Å². The van der Waals surface area contributed by atoms with Crippen LogP contribution in [0.25, 0.3) is 0 Å². The normalized spacial score (nSPS) is 40.9. The third-order valence-electron chi connectivity index (χ3n) is 4.41. The minimum Gasteiger partial charge on any atom is -0.390 e. The highest BCUT2D eigenvalue weighted by Gasteiger charge is 2.23. The van der Waals surface area contributed by atoms with E-state index in [1.807, 2.05) is 19.9 Å². The average molecular weight is 296 g/mol. The van der Waals surface area contributed by atoms with Crippen molar-refractivity contribution in [2.75, 3.05) is 7.11 Å². The molecule has 3 nitrogen and oxygen atoms in total. The summed E-state index contributed by atoms with van der Waals surface area (Å²) in [6.45, 7) is 6.02. The Labute approximate surface area is 129 Å². The van der Waals surface area contributed by atoms with Crippen molar-refractivity contribution in [3.8, 4) is 0 Å². The molecule has 4 atom stereocenters. The monoisotopic (exact) mass is 296 g/mol. The Morgan fingerprint density at radius 2 is 2.00 bits per heavy atom. The minimum absolute atomic E-state index is 0.0347. The van der Waals surface area contributed by atoms with E-state index >= 15 is 0 Å². The van der Waals surface area contributed by atoms with Crippen molar-refractivity contribution in [2.24, 2.45) is 5.92 Å². The van der Waals surface area contributed by atoms with E-state index in [9.17, 15) is 10.2 Å². The fourth-order valence-corrected chi connectivity index (χ4v) is 2.85. The summed E-state index contributed by atoms with van der Waals surface area (Å²) in [7, 11) is 1.64. The van der Waals surface area contributed by atoms with Crippen LogP contribution in [0.5, 0.6) is 0 Å². The molecule has 0 fully saturated rings. The lowest BCUT2D eigenvalue weighted by Crippen LogP contribution is -2.31. The summed E-state index contributed by atoms with van der Waals surface area (Å²) in [6.07, 6.45) is 10.9. The van der Waals surface area contributed by atoms with E-state index in [2.05, 4.69) is 19.1 Å². The first kappa shape index (κ1) is 18.4. The molecule has 3 heteroatoms. The lowest BCUT2D eigenvalue weighted by atomic mass is 9.89. The van der Waals surface area contributed by atoms with Gasteiger partial charge in [0.25, 0.3) is 0 Å². The van der Waals surface area contributed by atoms with Crippen LogP contribution >= 0.6 is 0 Å². The Morgan fingerprint density at radius 3 is 2.67 bits per heavy atom. The van der Waals surface area contributed by atoms with Crippen molar-refractivity contribution >= 4 is 0 Å². The number of methoxy groups -OCH3 is 1. The number of aliphatic hydroxyl groups excluding tert-OH is 1. The molecule has 0 heterocycles. The summed E-state index contributed by atoms with van der Waals surface area (Å²) >= 11 is 0. The molecule has 0 aromatic rings. The van der Waals surface area contributed by atoms with Gasteiger partial charge in [-0.2, -0.15) is 0 Å². The second-order valence-corrected chi connectivity index (χ2v) is 6.73. The predicted octanol–water partition coefficient (Wildman–Crippen LogP) is 3.61. The van der Waals surface area contributed by atoms with Crippen molar-refractivity contribution in [3.63, 3.8) is 0 Å². The maximum Gasteiger partial charge on any atom is 0.102 e. The van der Waals surface area contributed by atoms with Gasteiger partial charge in [0.2, 0.25) is 0 Å². The van der Waals surface area contributed by atoms with Crippen LogP contribution in [0.15, 0.2) is 23.8 Å². The smallest absolute Gasteiger partial charge is 0.102 e. The molecule has 0 radical (unpaired) electrons.